The first-order valence-electron chi connectivity index (χ1n) is 6.47. The quantitative estimate of drug-likeness (QED) is 0.867. The van der Waals surface area contributed by atoms with Gasteiger partial charge in [-0.1, -0.05) is 12.1 Å². The van der Waals surface area contributed by atoms with Gasteiger partial charge in [0.1, 0.15) is 11.6 Å². The highest BCUT2D eigenvalue weighted by atomic mass is 32.2. The average molecular weight is 309 g/mol. The minimum absolute atomic E-state index is 0.103. The van der Waals surface area contributed by atoms with Crippen LogP contribution in [0.1, 0.15) is 11.3 Å². The lowest BCUT2D eigenvalue weighted by Crippen LogP contribution is -2.28. The van der Waals surface area contributed by atoms with E-state index < -0.39 is 11.1 Å². The predicted molar refractivity (Wildman–Crippen MR) is 84.5 cm³/mol. The lowest BCUT2D eigenvalue weighted by molar-refractivity contribution is 0.563. The minimum Gasteiger partial charge on any atom is -0.355 e. The standard InChI is InChI=1S/C14H19N3O3S/c1-10-6-5-7-12(8-10)17-14(18)13(11(2)16(17)4)15(3)9-21(19)20/h5-8H,9H2,1-4H3,(H,19,20). The Morgan fingerprint density at radius 1 is 1.33 bits per heavy atom. The van der Waals surface area contributed by atoms with Crippen molar-refractivity contribution >= 4 is 16.8 Å². The molecule has 0 spiro atoms. The average Bonchev–Trinajstić information content (AvgIpc) is 2.59. The highest BCUT2D eigenvalue weighted by Gasteiger charge is 2.20. The number of hydrogen-bond acceptors (Lipinski definition) is 3. The summed E-state index contributed by atoms with van der Waals surface area (Å²) in [6.07, 6.45) is 0. The first-order chi connectivity index (χ1) is 9.82. The van der Waals surface area contributed by atoms with Crippen molar-refractivity contribution in [2.45, 2.75) is 13.8 Å². The SMILES string of the molecule is Cc1cccc(-n2c(=O)c(N(C)CS(=O)O)c(C)n2C)c1. The third kappa shape index (κ3) is 2.93. The van der Waals surface area contributed by atoms with Crippen molar-refractivity contribution in [2.24, 2.45) is 7.05 Å². The molecule has 0 fully saturated rings. The summed E-state index contributed by atoms with van der Waals surface area (Å²) >= 11 is -1.99. The molecule has 6 nitrogen and oxygen atoms in total. The van der Waals surface area contributed by atoms with Gasteiger partial charge >= 0.3 is 0 Å². The van der Waals surface area contributed by atoms with Crippen LogP contribution in [0.25, 0.3) is 5.69 Å². The van der Waals surface area contributed by atoms with Crippen molar-refractivity contribution in [1.82, 2.24) is 9.36 Å². The second kappa shape index (κ2) is 5.87. The minimum atomic E-state index is -1.99. The number of aryl methyl sites for hydroxylation is 1. The molecule has 0 saturated carbocycles. The normalized spacial score (nSPS) is 12.4. The fourth-order valence-electron chi connectivity index (χ4n) is 2.41. The van der Waals surface area contributed by atoms with E-state index in [1.54, 1.807) is 23.5 Å². The van der Waals surface area contributed by atoms with E-state index in [0.717, 1.165) is 16.9 Å². The molecule has 0 radical (unpaired) electrons. The summed E-state index contributed by atoms with van der Waals surface area (Å²) in [6.45, 7) is 3.78. The molecule has 114 valence electrons. The van der Waals surface area contributed by atoms with Crippen LogP contribution in [0.5, 0.6) is 0 Å². The van der Waals surface area contributed by atoms with Crippen molar-refractivity contribution < 1.29 is 8.76 Å². The van der Waals surface area contributed by atoms with Crippen molar-refractivity contribution in [3.63, 3.8) is 0 Å². The molecule has 1 aromatic carbocycles. The number of rotatable bonds is 4. The zero-order valence-corrected chi connectivity index (χ0v) is 13.3. The van der Waals surface area contributed by atoms with Crippen molar-refractivity contribution in [1.29, 1.82) is 0 Å². The van der Waals surface area contributed by atoms with Crippen molar-refractivity contribution in [3.8, 4) is 5.69 Å². The molecule has 0 amide bonds. The molecule has 2 aromatic rings. The van der Waals surface area contributed by atoms with Gasteiger partial charge < -0.3 is 9.45 Å². The zero-order valence-electron chi connectivity index (χ0n) is 12.5. The zero-order chi connectivity index (χ0) is 15.7. The van der Waals surface area contributed by atoms with Crippen LogP contribution in [0.4, 0.5) is 5.69 Å². The second-order valence-corrected chi connectivity index (χ2v) is 5.96. The maximum absolute atomic E-state index is 12.7. The van der Waals surface area contributed by atoms with E-state index in [-0.39, 0.29) is 11.4 Å². The smallest absolute Gasteiger partial charge is 0.295 e. The van der Waals surface area contributed by atoms with Gasteiger partial charge in [0.15, 0.2) is 11.1 Å². The Morgan fingerprint density at radius 2 is 2.00 bits per heavy atom. The molecular weight excluding hydrogens is 290 g/mol. The Kier molecular flexibility index (Phi) is 4.34. The topological polar surface area (TPSA) is 67.5 Å². The van der Waals surface area contributed by atoms with E-state index in [2.05, 4.69) is 0 Å². The van der Waals surface area contributed by atoms with Gasteiger partial charge in [0.2, 0.25) is 0 Å². The van der Waals surface area contributed by atoms with Crippen LogP contribution in [-0.4, -0.2) is 31.0 Å². The van der Waals surface area contributed by atoms with Crippen LogP contribution in [0.3, 0.4) is 0 Å². The van der Waals surface area contributed by atoms with E-state index in [1.807, 2.05) is 38.1 Å². The summed E-state index contributed by atoms with van der Waals surface area (Å²) in [6, 6.07) is 7.65. The van der Waals surface area contributed by atoms with Crippen LogP contribution >= 0.6 is 0 Å². The molecule has 1 atom stereocenters. The van der Waals surface area contributed by atoms with Crippen LogP contribution in [0, 0.1) is 13.8 Å². The van der Waals surface area contributed by atoms with Gasteiger partial charge in [-0.05, 0) is 31.5 Å². The molecule has 1 unspecified atom stereocenters. The third-order valence-corrected chi connectivity index (χ3v) is 4.06. The lowest BCUT2D eigenvalue weighted by atomic mass is 10.2. The number of benzene rings is 1. The molecule has 0 bridgehead atoms. The third-order valence-electron chi connectivity index (χ3n) is 3.46. The van der Waals surface area contributed by atoms with E-state index in [0.29, 0.717) is 5.69 Å². The summed E-state index contributed by atoms with van der Waals surface area (Å²) in [5.74, 6) is -0.103. The molecular formula is C14H19N3O3S. The predicted octanol–water partition coefficient (Wildman–Crippen LogP) is 1.41. The van der Waals surface area contributed by atoms with Crippen molar-refractivity contribution in [2.75, 3.05) is 17.8 Å². The van der Waals surface area contributed by atoms with Gasteiger partial charge in [-0.25, -0.2) is 8.89 Å². The monoisotopic (exact) mass is 309 g/mol. The number of anilines is 1. The Bertz CT molecular complexity index is 748. The van der Waals surface area contributed by atoms with Gasteiger partial charge in [-0.15, -0.1) is 0 Å². The van der Waals surface area contributed by atoms with Crippen LogP contribution in [0.2, 0.25) is 0 Å². The van der Waals surface area contributed by atoms with Crippen LogP contribution in [-0.2, 0) is 18.1 Å². The maximum Gasteiger partial charge on any atom is 0.295 e. The maximum atomic E-state index is 12.7. The highest BCUT2D eigenvalue weighted by Crippen LogP contribution is 2.17. The van der Waals surface area contributed by atoms with Gasteiger partial charge in [0.05, 0.1) is 11.4 Å². The molecule has 1 aromatic heterocycles. The second-order valence-electron chi connectivity index (χ2n) is 5.06. The Balaban J connectivity index is 2.60. The lowest BCUT2D eigenvalue weighted by Gasteiger charge is -2.14. The van der Waals surface area contributed by atoms with Crippen LogP contribution in [0.15, 0.2) is 29.1 Å². The summed E-state index contributed by atoms with van der Waals surface area (Å²) in [5, 5.41) is 0. The molecule has 0 saturated heterocycles. The first-order valence-corrected chi connectivity index (χ1v) is 7.74. The Hall–Kier alpha value is -1.86. The molecule has 7 heteroatoms. The molecule has 1 heterocycles. The molecule has 21 heavy (non-hydrogen) atoms. The Morgan fingerprint density at radius 3 is 2.57 bits per heavy atom. The Labute approximate surface area is 125 Å². The van der Waals surface area contributed by atoms with E-state index in [4.69, 9.17) is 4.55 Å². The van der Waals surface area contributed by atoms with Gasteiger partial charge in [-0.3, -0.25) is 9.48 Å². The summed E-state index contributed by atoms with van der Waals surface area (Å²) in [5.41, 5.74) is 2.81. The van der Waals surface area contributed by atoms with Gasteiger partial charge in [0.25, 0.3) is 5.56 Å². The molecule has 0 aliphatic rings. The molecule has 1 N–H and O–H groups in total. The summed E-state index contributed by atoms with van der Waals surface area (Å²) < 4.78 is 23.3. The summed E-state index contributed by atoms with van der Waals surface area (Å²) in [4.78, 5) is 14.2. The van der Waals surface area contributed by atoms with Crippen LogP contribution < -0.4 is 10.5 Å². The summed E-state index contributed by atoms with van der Waals surface area (Å²) in [7, 11) is 3.44. The van der Waals surface area contributed by atoms with E-state index in [9.17, 15) is 9.00 Å². The largest absolute Gasteiger partial charge is 0.355 e. The molecule has 2 rings (SSSR count). The molecule has 0 aliphatic heterocycles. The number of hydrogen-bond donors (Lipinski definition) is 1. The fraction of sp³-hybridized carbons (Fsp3) is 0.357. The first kappa shape index (κ1) is 15.5. The number of aromatic nitrogens is 2. The van der Waals surface area contributed by atoms with E-state index >= 15 is 0 Å². The highest BCUT2D eigenvalue weighted by molar-refractivity contribution is 7.79. The fourth-order valence-corrected chi connectivity index (χ4v) is 2.87. The van der Waals surface area contributed by atoms with Crippen molar-refractivity contribution in [3.05, 3.63) is 45.9 Å². The molecule has 0 aliphatic carbocycles. The van der Waals surface area contributed by atoms with Gasteiger partial charge in [0, 0.05) is 14.1 Å². The number of nitrogens with zero attached hydrogens (tertiary/aromatic N) is 3. The van der Waals surface area contributed by atoms with Gasteiger partial charge in [-0.2, -0.15) is 0 Å². The van der Waals surface area contributed by atoms with E-state index in [1.165, 1.54) is 4.90 Å².